The van der Waals surface area contributed by atoms with E-state index in [-0.39, 0.29) is 22.3 Å². The number of nitrogens with zero attached hydrogens (tertiary/aromatic N) is 2. The Kier molecular flexibility index (Phi) is 3.46. The molecule has 2 aliphatic rings. The molecule has 1 saturated heterocycles. The first kappa shape index (κ1) is 12.5. The number of halogens is 1. The molecule has 2 unspecified atom stereocenters. The summed E-state index contributed by atoms with van der Waals surface area (Å²) >= 11 is 1.18. The number of rotatable bonds is 2. The Morgan fingerprint density at radius 3 is 3.00 bits per heavy atom. The fourth-order valence-corrected chi connectivity index (χ4v) is 3.20. The van der Waals surface area contributed by atoms with Crippen LogP contribution in [0.5, 0.6) is 0 Å². The molecular weight excluding hydrogens is 262 g/mol. The molecule has 1 N–H and O–H groups in total. The van der Waals surface area contributed by atoms with Crippen LogP contribution in [0, 0.1) is 22.0 Å². The van der Waals surface area contributed by atoms with Gasteiger partial charge in [-0.05, 0) is 41.7 Å². The fourth-order valence-electron chi connectivity index (χ4n) is 2.44. The first-order valence-corrected chi connectivity index (χ1v) is 6.07. The number of fused-ring (bicyclic) bond motifs is 1. The smallest absolute Gasteiger partial charge is 0.316 e. The summed E-state index contributed by atoms with van der Waals surface area (Å²) in [6.07, 6.45) is 4.59. The molecule has 1 aliphatic carbocycles. The summed E-state index contributed by atoms with van der Waals surface area (Å²) in [5, 5.41) is 14.9. The summed E-state index contributed by atoms with van der Waals surface area (Å²) in [6, 6.07) is 0. The molecule has 5 nitrogen and oxygen atoms in total. The zero-order valence-electron chi connectivity index (χ0n) is 8.96. The van der Waals surface area contributed by atoms with Crippen LogP contribution < -0.4 is 5.32 Å². The normalized spacial score (nSPS) is 26.2. The topological polar surface area (TPSA) is 68.1 Å². The van der Waals surface area contributed by atoms with Gasteiger partial charge in [0.15, 0.2) is 0 Å². The van der Waals surface area contributed by atoms with Crippen molar-refractivity contribution >= 4 is 34.3 Å². The van der Waals surface area contributed by atoms with Gasteiger partial charge in [-0.2, -0.15) is 0 Å². The maximum atomic E-state index is 10.6. The molecule has 0 bridgehead atoms. The highest BCUT2D eigenvalue weighted by Crippen LogP contribution is 2.40. The monoisotopic (exact) mass is 273 g/mol. The fraction of sp³-hybridized carbons (Fsp3) is 0.500. The van der Waals surface area contributed by atoms with E-state index in [4.69, 9.17) is 0 Å². The highest BCUT2D eigenvalue weighted by atomic mass is 35.5. The molecule has 2 heterocycles. The number of allylic oxidation sites excluding steroid dienone is 1. The van der Waals surface area contributed by atoms with Crippen molar-refractivity contribution in [2.45, 2.75) is 6.42 Å². The molecule has 0 amide bonds. The van der Waals surface area contributed by atoms with E-state index in [0.29, 0.717) is 11.8 Å². The SMILES string of the molecule is Cl.O=[N+]([O-])c1cnc(C2=CC3CNCC3C2)s1. The average molecular weight is 274 g/mol. The van der Waals surface area contributed by atoms with Crippen molar-refractivity contribution < 1.29 is 4.92 Å². The predicted octanol–water partition coefficient (Wildman–Crippen LogP) is 2.10. The zero-order chi connectivity index (χ0) is 11.1. The van der Waals surface area contributed by atoms with Gasteiger partial charge < -0.3 is 5.32 Å². The van der Waals surface area contributed by atoms with Crippen molar-refractivity contribution in [3.8, 4) is 0 Å². The summed E-state index contributed by atoms with van der Waals surface area (Å²) in [4.78, 5) is 14.3. The number of hydrogen-bond acceptors (Lipinski definition) is 5. The van der Waals surface area contributed by atoms with Crippen molar-refractivity contribution in [3.05, 3.63) is 27.4 Å². The molecular formula is C10H12ClN3O2S. The van der Waals surface area contributed by atoms with Crippen molar-refractivity contribution in [2.24, 2.45) is 11.8 Å². The molecule has 1 fully saturated rings. The lowest BCUT2D eigenvalue weighted by Crippen LogP contribution is -2.09. The van der Waals surface area contributed by atoms with Crippen LogP contribution >= 0.6 is 23.7 Å². The number of nitro groups is 1. The van der Waals surface area contributed by atoms with Crippen LogP contribution in [0.15, 0.2) is 12.3 Å². The van der Waals surface area contributed by atoms with E-state index < -0.39 is 0 Å². The Hall–Kier alpha value is -0.980. The van der Waals surface area contributed by atoms with Gasteiger partial charge in [0.05, 0.1) is 4.92 Å². The van der Waals surface area contributed by atoms with Gasteiger partial charge in [0.1, 0.15) is 11.2 Å². The molecule has 1 aromatic rings. The van der Waals surface area contributed by atoms with Gasteiger partial charge in [-0.3, -0.25) is 10.1 Å². The van der Waals surface area contributed by atoms with Crippen LogP contribution in [0.2, 0.25) is 0 Å². The van der Waals surface area contributed by atoms with Crippen molar-refractivity contribution in [1.82, 2.24) is 10.3 Å². The van der Waals surface area contributed by atoms with Gasteiger partial charge in [-0.15, -0.1) is 12.4 Å². The lowest BCUT2D eigenvalue weighted by Gasteiger charge is -2.04. The van der Waals surface area contributed by atoms with Crippen LogP contribution in [-0.4, -0.2) is 23.0 Å². The number of hydrogen-bond donors (Lipinski definition) is 1. The maximum Gasteiger partial charge on any atom is 0.344 e. The van der Waals surface area contributed by atoms with Gasteiger partial charge in [-0.25, -0.2) is 4.98 Å². The molecule has 92 valence electrons. The van der Waals surface area contributed by atoms with Crippen molar-refractivity contribution in [1.29, 1.82) is 0 Å². The summed E-state index contributed by atoms with van der Waals surface area (Å²) in [5.41, 5.74) is 1.19. The van der Waals surface area contributed by atoms with Crippen molar-refractivity contribution in [3.63, 3.8) is 0 Å². The highest BCUT2D eigenvalue weighted by molar-refractivity contribution is 7.15. The Balaban J connectivity index is 0.00000108. The molecule has 2 atom stereocenters. The summed E-state index contributed by atoms with van der Waals surface area (Å²) in [6.45, 7) is 2.08. The first-order chi connectivity index (χ1) is 7.74. The minimum Gasteiger partial charge on any atom is -0.316 e. The van der Waals surface area contributed by atoms with Gasteiger partial charge in [0.2, 0.25) is 0 Å². The largest absolute Gasteiger partial charge is 0.344 e. The standard InChI is InChI=1S/C10H11N3O2S.ClH/c14-13(15)9-5-12-10(16-9)6-1-7-3-11-4-8(7)2-6;/h1,5,7-8,11H,2-4H2;1H. The third kappa shape index (κ3) is 2.20. The van der Waals surface area contributed by atoms with Crippen LogP contribution in [-0.2, 0) is 0 Å². The second-order valence-electron chi connectivity index (χ2n) is 4.24. The molecule has 1 aliphatic heterocycles. The van der Waals surface area contributed by atoms with E-state index in [1.165, 1.54) is 23.1 Å². The van der Waals surface area contributed by atoms with E-state index in [0.717, 1.165) is 24.5 Å². The Morgan fingerprint density at radius 2 is 2.35 bits per heavy atom. The molecule has 0 aromatic carbocycles. The van der Waals surface area contributed by atoms with Gasteiger partial charge in [0, 0.05) is 6.54 Å². The summed E-state index contributed by atoms with van der Waals surface area (Å²) in [5.74, 6) is 1.26. The second-order valence-corrected chi connectivity index (χ2v) is 5.25. The average Bonchev–Trinajstić information content (AvgIpc) is 2.91. The van der Waals surface area contributed by atoms with E-state index in [9.17, 15) is 10.1 Å². The molecule has 0 radical (unpaired) electrons. The molecule has 0 saturated carbocycles. The summed E-state index contributed by atoms with van der Waals surface area (Å²) in [7, 11) is 0. The highest BCUT2D eigenvalue weighted by Gasteiger charge is 2.33. The van der Waals surface area contributed by atoms with Crippen molar-refractivity contribution in [2.75, 3.05) is 13.1 Å². The molecule has 1 aromatic heterocycles. The third-order valence-electron chi connectivity index (χ3n) is 3.24. The van der Waals surface area contributed by atoms with Crippen LogP contribution in [0.3, 0.4) is 0 Å². The van der Waals surface area contributed by atoms with Crippen LogP contribution in [0.25, 0.3) is 5.57 Å². The van der Waals surface area contributed by atoms with Gasteiger partial charge in [0.25, 0.3) is 0 Å². The quantitative estimate of drug-likeness (QED) is 0.662. The van der Waals surface area contributed by atoms with E-state index in [1.807, 2.05) is 0 Å². The van der Waals surface area contributed by atoms with Gasteiger partial charge in [-0.1, -0.05) is 6.08 Å². The molecule has 3 rings (SSSR count). The van der Waals surface area contributed by atoms with Crippen LogP contribution in [0.1, 0.15) is 11.4 Å². The Bertz CT molecular complexity index is 474. The molecule has 17 heavy (non-hydrogen) atoms. The number of thiazole rings is 1. The van der Waals surface area contributed by atoms with E-state index in [2.05, 4.69) is 16.4 Å². The van der Waals surface area contributed by atoms with Crippen LogP contribution in [0.4, 0.5) is 5.00 Å². The maximum absolute atomic E-state index is 10.6. The lowest BCUT2D eigenvalue weighted by atomic mass is 10.00. The molecule has 0 spiro atoms. The Labute approximate surface area is 109 Å². The first-order valence-electron chi connectivity index (χ1n) is 5.26. The minimum atomic E-state index is -0.376. The predicted molar refractivity (Wildman–Crippen MR) is 68.5 cm³/mol. The molecule has 7 heteroatoms. The minimum absolute atomic E-state index is 0. The summed E-state index contributed by atoms with van der Waals surface area (Å²) < 4.78 is 0. The van der Waals surface area contributed by atoms with E-state index in [1.54, 1.807) is 0 Å². The number of nitrogens with one attached hydrogen (secondary N) is 1. The van der Waals surface area contributed by atoms with E-state index >= 15 is 0 Å². The second kappa shape index (κ2) is 4.72. The van der Waals surface area contributed by atoms with Gasteiger partial charge >= 0.3 is 5.00 Å². The Morgan fingerprint density at radius 1 is 1.53 bits per heavy atom. The third-order valence-corrected chi connectivity index (χ3v) is 4.26. The number of aromatic nitrogens is 1. The lowest BCUT2D eigenvalue weighted by molar-refractivity contribution is -0.380. The zero-order valence-corrected chi connectivity index (χ0v) is 10.6.